The number of H-pyrrole nitrogens is 1. The van der Waals surface area contributed by atoms with Crippen LogP contribution in [0.15, 0.2) is 24.3 Å². The first-order valence-corrected chi connectivity index (χ1v) is 6.71. The number of nitrogens with one attached hydrogen (secondary N) is 2. The summed E-state index contributed by atoms with van der Waals surface area (Å²) >= 11 is 0. The molecule has 0 saturated carbocycles. The minimum Gasteiger partial charge on any atom is -0.351 e. The molecule has 0 fully saturated rings. The number of hydrogen-bond donors (Lipinski definition) is 2. The number of carbonyl (C=O) groups excluding carboxylic acids is 1. The number of rotatable bonds is 2. The molecule has 19 heavy (non-hydrogen) atoms. The van der Waals surface area contributed by atoms with Gasteiger partial charge in [0.25, 0.3) is 5.91 Å². The molecule has 1 aromatic heterocycles. The van der Waals surface area contributed by atoms with Crippen LogP contribution in [-0.4, -0.2) is 16.9 Å². The van der Waals surface area contributed by atoms with Gasteiger partial charge in [0.05, 0.1) is 0 Å². The van der Waals surface area contributed by atoms with E-state index in [0.29, 0.717) is 5.69 Å². The summed E-state index contributed by atoms with van der Waals surface area (Å²) in [7, 11) is 0. The van der Waals surface area contributed by atoms with Crippen molar-refractivity contribution in [1.82, 2.24) is 10.3 Å². The monoisotopic (exact) mass is 258 g/mol. The Morgan fingerprint density at radius 1 is 1.21 bits per heavy atom. The van der Waals surface area contributed by atoms with Crippen molar-refractivity contribution in [2.45, 2.75) is 46.1 Å². The van der Waals surface area contributed by atoms with Crippen LogP contribution in [0.5, 0.6) is 0 Å². The Hall–Kier alpha value is -1.77. The predicted octanol–water partition coefficient (Wildman–Crippen LogP) is 3.60. The Labute approximate surface area is 114 Å². The molecule has 0 saturated heterocycles. The molecule has 1 amide bonds. The van der Waals surface area contributed by atoms with Gasteiger partial charge in [-0.15, -0.1) is 0 Å². The maximum absolute atomic E-state index is 12.0. The molecule has 2 aromatic rings. The number of aromatic nitrogens is 1. The second-order valence-corrected chi connectivity index (χ2v) is 6.36. The van der Waals surface area contributed by atoms with Gasteiger partial charge >= 0.3 is 0 Å². The van der Waals surface area contributed by atoms with E-state index in [1.54, 1.807) is 0 Å². The Morgan fingerprint density at radius 3 is 2.47 bits per heavy atom. The number of amides is 1. The first-order valence-electron chi connectivity index (χ1n) is 6.71. The molecule has 0 radical (unpaired) electrons. The summed E-state index contributed by atoms with van der Waals surface area (Å²) in [5, 5.41) is 3.98. The summed E-state index contributed by atoms with van der Waals surface area (Å²) in [5.74, 6) is -0.0523. The zero-order valence-electron chi connectivity index (χ0n) is 12.3. The molecule has 3 heteroatoms. The average molecular weight is 258 g/mol. The molecular weight excluding hydrogens is 236 g/mol. The standard InChI is InChI=1S/C16H22N2O/c1-10(2)17-15(19)14-9-11-8-12(16(3,4)5)6-7-13(11)18-14/h6-10,18H,1-5H3,(H,17,19). The van der Waals surface area contributed by atoms with Crippen LogP contribution in [0.4, 0.5) is 0 Å². The van der Waals surface area contributed by atoms with E-state index in [0.717, 1.165) is 10.9 Å². The predicted molar refractivity (Wildman–Crippen MR) is 79.6 cm³/mol. The van der Waals surface area contributed by atoms with Crippen LogP contribution in [0, 0.1) is 0 Å². The number of hydrogen-bond acceptors (Lipinski definition) is 1. The first kappa shape index (κ1) is 13.7. The average Bonchev–Trinajstić information content (AvgIpc) is 2.69. The highest BCUT2D eigenvalue weighted by Gasteiger charge is 2.15. The molecule has 2 N–H and O–H groups in total. The summed E-state index contributed by atoms with van der Waals surface area (Å²) in [6, 6.07) is 8.37. The molecule has 1 aromatic carbocycles. The molecule has 0 aliphatic carbocycles. The lowest BCUT2D eigenvalue weighted by atomic mass is 9.86. The zero-order chi connectivity index (χ0) is 14.2. The van der Waals surface area contributed by atoms with Gasteiger partial charge in [0.1, 0.15) is 5.69 Å². The van der Waals surface area contributed by atoms with Gasteiger partial charge in [0.15, 0.2) is 0 Å². The normalized spacial score (nSPS) is 12.1. The molecular formula is C16H22N2O. The van der Waals surface area contributed by atoms with Gasteiger partial charge in [-0.2, -0.15) is 0 Å². The maximum Gasteiger partial charge on any atom is 0.267 e. The van der Waals surface area contributed by atoms with Crippen LogP contribution in [0.3, 0.4) is 0 Å². The fourth-order valence-electron chi connectivity index (χ4n) is 2.06. The van der Waals surface area contributed by atoms with Gasteiger partial charge in [-0.25, -0.2) is 0 Å². The third-order valence-corrected chi connectivity index (χ3v) is 3.15. The number of carbonyl (C=O) groups is 1. The van der Waals surface area contributed by atoms with Crippen molar-refractivity contribution >= 4 is 16.8 Å². The van der Waals surface area contributed by atoms with E-state index in [4.69, 9.17) is 0 Å². The quantitative estimate of drug-likeness (QED) is 0.849. The fourth-order valence-corrected chi connectivity index (χ4v) is 2.06. The molecule has 0 aliphatic rings. The SMILES string of the molecule is CC(C)NC(=O)c1cc2cc(C(C)(C)C)ccc2[nH]1. The first-order chi connectivity index (χ1) is 8.77. The van der Waals surface area contributed by atoms with Gasteiger partial charge in [0, 0.05) is 16.9 Å². The van der Waals surface area contributed by atoms with Crippen LogP contribution in [0.2, 0.25) is 0 Å². The Morgan fingerprint density at radius 2 is 1.89 bits per heavy atom. The van der Waals surface area contributed by atoms with Crippen molar-refractivity contribution in [3.63, 3.8) is 0 Å². The van der Waals surface area contributed by atoms with E-state index < -0.39 is 0 Å². The van der Waals surface area contributed by atoms with Crippen LogP contribution >= 0.6 is 0 Å². The largest absolute Gasteiger partial charge is 0.351 e. The van der Waals surface area contributed by atoms with E-state index in [-0.39, 0.29) is 17.4 Å². The second-order valence-electron chi connectivity index (χ2n) is 6.36. The van der Waals surface area contributed by atoms with Crippen molar-refractivity contribution in [2.24, 2.45) is 0 Å². The lowest BCUT2D eigenvalue weighted by Crippen LogP contribution is -2.30. The Balaban J connectivity index is 2.38. The van der Waals surface area contributed by atoms with Gasteiger partial charge in [-0.3, -0.25) is 4.79 Å². The van der Waals surface area contributed by atoms with Crippen LogP contribution in [0.25, 0.3) is 10.9 Å². The van der Waals surface area contributed by atoms with Gasteiger partial charge < -0.3 is 10.3 Å². The van der Waals surface area contributed by atoms with E-state index in [1.807, 2.05) is 26.0 Å². The lowest BCUT2D eigenvalue weighted by molar-refractivity contribution is 0.0939. The van der Waals surface area contributed by atoms with Crippen molar-refractivity contribution < 1.29 is 4.79 Å². The summed E-state index contributed by atoms with van der Waals surface area (Å²) in [6.07, 6.45) is 0. The maximum atomic E-state index is 12.0. The molecule has 3 nitrogen and oxygen atoms in total. The minimum atomic E-state index is -0.0523. The number of aromatic amines is 1. The van der Waals surface area contributed by atoms with Gasteiger partial charge in [-0.1, -0.05) is 26.8 Å². The molecule has 0 atom stereocenters. The van der Waals surface area contributed by atoms with E-state index in [2.05, 4.69) is 43.2 Å². The highest BCUT2D eigenvalue weighted by molar-refractivity contribution is 5.98. The summed E-state index contributed by atoms with van der Waals surface area (Å²) < 4.78 is 0. The van der Waals surface area contributed by atoms with E-state index in [1.165, 1.54) is 5.56 Å². The smallest absolute Gasteiger partial charge is 0.267 e. The Bertz CT molecular complexity index is 603. The minimum absolute atomic E-state index is 0.0523. The molecule has 0 spiro atoms. The third-order valence-electron chi connectivity index (χ3n) is 3.15. The van der Waals surface area contributed by atoms with Gasteiger partial charge in [-0.05, 0) is 43.0 Å². The van der Waals surface area contributed by atoms with Crippen LogP contribution in [0.1, 0.15) is 50.7 Å². The molecule has 1 heterocycles. The second kappa shape index (κ2) is 4.72. The number of fused-ring (bicyclic) bond motifs is 1. The highest BCUT2D eigenvalue weighted by Crippen LogP contribution is 2.26. The molecule has 0 unspecified atom stereocenters. The fraction of sp³-hybridized carbons (Fsp3) is 0.438. The van der Waals surface area contributed by atoms with Crippen molar-refractivity contribution in [1.29, 1.82) is 0 Å². The van der Waals surface area contributed by atoms with Crippen LogP contribution < -0.4 is 5.32 Å². The topological polar surface area (TPSA) is 44.9 Å². The molecule has 102 valence electrons. The molecule has 0 aliphatic heterocycles. The van der Waals surface area contributed by atoms with Crippen molar-refractivity contribution in [3.05, 3.63) is 35.5 Å². The summed E-state index contributed by atoms with van der Waals surface area (Å²) in [4.78, 5) is 15.1. The van der Waals surface area contributed by atoms with Crippen LogP contribution in [-0.2, 0) is 5.41 Å². The van der Waals surface area contributed by atoms with Crippen molar-refractivity contribution in [2.75, 3.05) is 0 Å². The lowest BCUT2D eigenvalue weighted by Gasteiger charge is -2.18. The third kappa shape index (κ3) is 2.98. The zero-order valence-corrected chi connectivity index (χ0v) is 12.3. The summed E-state index contributed by atoms with van der Waals surface area (Å²) in [6.45, 7) is 10.5. The van der Waals surface area contributed by atoms with E-state index in [9.17, 15) is 4.79 Å². The highest BCUT2D eigenvalue weighted by atomic mass is 16.1. The Kier molecular flexibility index (Phi) is 3.40. The summed E-state index contributed by atoms with van der Waals surface area (Å²) in [5.41, 5.74) is 3.01. The number of benzene rings is 1. The van der Waals surface area contributed by atoms with Gasteiger partial charge in [0.2, 0.25) is 0 Å². The molecule has 2 rings (SSSR count). The van der Waals surface area contributed by atoms with E-state index >= 15 is 0 Å². The molecule has 0 bridgehead atoms. The van der Waals surface area contributed by atoms with Crippen molar-refractivity contribution in [3.8, 4) is 0 Å².